The molecule has 0 spiro atoms. The molecule has 0 bridgehead atoms. The molecule has 97 heavy (non-hydrogen) atoms. The van der Waals surface area contributed by atoms with E-state index in [1.54, 1.807) is 69.5 Å². The summed E-state index contributed by atoms with van der Waals surface area (Å²) in [4.78, 5) is 103. The van der Waals surface area contributed by atoms with Crippen LogP contribution in [0.5, 0.6) is 0 Å². The van der Waals surface area contributed by atoms with Crippen molar-refractivity contribution in [2.45, 2.75) is 81.2 Å². The summed E-state index contributed by atoms with van der Waals surface area (Å²) >= 11 is 17.3. The van der Waals surface area contributed by atoms with Gasteiger partial charge in [0.25, 0.3) is 11.8 Å². The van der Waals surface area contributed by atoms with Crippen LogP contribution in [-0.4, -0.2) is 102 Å². The first-order valence-corrected chi connectivity index (χ1v) is 34.1. The van der Waals surface area contributed by atoms with E-state index >= 15 is 0 Å². The average Bonchev–Trinajstić information content (AvgIpc) is 1.77. The molecular weight excluding hydrogens is 1350 g/mol. The fourth-order valence-corrected chi connectivity index (χ4v) is 12.6. The first-order valence-electron chi connectivity index (χ1n) is 29.9. The van der Waals surface area contributed by atoms with Crippen LogP contribution in [0, 0.1) is 34.6 Å². The van der Waals surface area contributed by atoms with Crippen LogP contribution >= 0.6 is 68.5 Å². The van der Waals surface area contributed by atoms with Crippen LogP contribution in [0.2, 0.25) is 10.6 Å². The van der Waals surface area contributed by atoms with E-state index in [1.807, 2.05) is 117 Å². The number of pyridine rings is 5. The lowest BCUT2D eigenvalue weighted by Crippen LogP contribution is -2.24. The Morgan fingerprint density at radius 2 is 0.701 bits per heavy atom. The zero-order valence-electron chi connectivity index (χ0n) is 53.5. The Hall–Kier alpha value is -10.1. The first kappa shape index (κ1) is 71.2. The SMILES string of the molecule is CCOC(=O)c1nc(Cl)nc2ccsc12.CCOC(=O)c1nc(NCc2cncc(C)c2)nc2ccsc12.Cc1cncc(CN)c1.Cc1cncc(CNC(=O)c2nc(Cl)nc3ccsc23)c1.Cc1cncc(CNC(=O)c2nc(NCc3cncc(C)c3)nc3ccsc23)c1. The molecule has 0 aromatic carbocycles. The highest BCUT2D eigenvalue weighted by molar-refractivity contribution is 7.18. The molecule has 30 heteroatoms. The number of nitrogens with two attached hydrogens (primary N) is 1. The summed E-state index contributed by atoms with van der Waals surface area (Å²) in [6.07, 6.45) is 17.8. The van der Waals surface area contributed by atoms with Crippen molar-refractivity contribution < 1.29 is 28.7 Å². The second-order valence-corrected chi connectivity index (χ2v) is 25.4. The van der Waals surface area contributed by atoms with Crippen LogP contribution < -0.4 is 27.0 Å². The van der Waals surface area contributed by atoms with Crippen molar-refractivity contribution in [3.63, 3.8) is 0 Å². The number of thiophene rings is 4. The lowest BCUT2D eigenvalue weighted by Gasteiger charge is -2.09. The van der Waals surface area contributed by atoms with Gasteiger partial charge in [-0.15, -0.1) is 45.3 Å². The molecule has 13 heterocycles. The van der Waals surface area contributed by atoms with Crippen LogP contribution in [0.25, 0.3) is 40.9 Å². The fourth-order valence-electron chi connectivity index (χ4n) is 9.02. The highest BCUT2D eigenvalue weighted by Gasteiger charge is 2.21. The minimum atomic E-state index is -0.464. The van der Waals surface area contributed by atoms with Crippen molar-refractivity contribution in [3.05, 3.63) is 227 Å². The number of hydrogen-bond acceptors (Lipinski definition) is 26. The van der Waals surface area contributed by atoms with Gasteiger partial charge in [-0.05, 0) is 173 Å². The van der Waals surface area contributed by atoms with Crippen LogP contribution in [0.15, 0.2) is 138 Å². The Kier molecular flexibility index (Phi) is 25.8. The number of carbonyl (C=O) groups excluding carboxylic acids is 4. The predicted octanol–water partition coefficient (Wildman–Crippen LogP) is 13.2. The summed E-state index contributed by atoms with van der Waals surface area (Å²) in [6.45, 7) is 16.5. The van der Waals surface area contributed by atoms with Crippen LogP contribution in [0.1, 0.15) is 111 Å². The van der Waals surface area contributed by atoms with Gasteiger partial charge in [0.05, 0.1) is 54.1 Å². The molecule has 0 radical (unpaired) electrons. The molecule has 0 saturated heterocycles. The van der Waals surface area contributed by atoms with E-state index in [4.69, 9.17) is 38.4 Å². The second-order valence-electron chi connectivity index (χ2n) is 21.1. The number of hydrogen-bond donors (Lipinski definition) is 5. The van der Waals surface area contributed by atoms with Gasteiger partial charge >= 0.3 is 11.9 Å². The van der Waals surface area contributed by atoms with E-state index in [2.05, 4.69) is 86.1 Å². The number of ether oxygens (including phenoxy) is 2. The normalized spacial score (nSPS) is 10.6. The summed E-state index contributed by atoms with van der Waals surface area (Å²) in [7, 11) is 0. The number of aryl methyl sites for hydroxylation is 5. The molecule has 0 unspecified atom stereocenters. The number of carbonyl (C=O) groups is 4. The number of nitrogens with zero attached hydrogens (tertiary/aromatic N) is 13. The Labute approximate surface area is 583 Å². The molecule has 0 aliphatic rings. The Balaban J connectivity index is 0.000000148. The fraction of sp³-hybridized carbons (Fsp3) is 0.209. The van der Waals surface area contributed by atoms with Crippen molar-refractivity contribution in [1.29, 1.82) is 0 Å². The topological polar surface area (TPSA) is 328 Å². The van der Waals surface area contributed by atoms with Crippen LogP contribution in [-0.2, 0) is 42.2 Å². The molecule has 2 amide bonds. The maximum absolute atomic E-state index is 12.8. The number of anilines is 2. The smallest absolute Gasteiger partial charge is 0.358 e. The monoisotopic (exact) mass is 1410 g/mol. The summed E-state index contributed by atoms with van der Waals surface area (Å²) in [5, 5.41) is 19.7. The minimum Gasteiger partial charge on any atom is -0.461 e. The average molecular weight is 1420 g/mol. The number of esters is 2. The summed E-state index contributed by atoms with van der Waals surface area (Å²) in [5.74, 6) is -0.577. The number of amides is 2. The van der Waals surface area contributed by atoms with Crippen LogP contribution in [0.3, 0.4) is 0 Å². The second kappa shape index (κ2) is 35.1. The quantitative estimate of drug-likeness (QED) is 0.0418. The molecule has 0 saturated carbocycles. The van der Waals surface area contributed by atoms with Crippen molar-refractivity contribution in [1.82, 2.24) is 75.4 Å². The van der Waals surface area contributed by atoms with E-state index in [9.17, 15) is 19.2 Å². The first-order chi connectivity index (χ1) is 46.9. The molecule has 13 aromatic rings. The van der Waals surface area contributed by atoms with E-state index in [-0.39, 0.29) is 28.1 Å². The Bertz CT molecular complexity index is 4880. The molecule has 24 nitrogen and oxygen atoms in total. The maximum atomic E-state index is 12.8. The third-order valence-electron chi connectivity index (χ3n) is 13.2. The van der Waals surface area contributed by atoms with E-state index in [1.165, 1.54) is 45.3 Å². The minimum absolute atomic E-state index is 0.0592. The van der Waals surface area contributed by atoms with Crippen LogP contribution in [0.4, 0.5) is 11.9 Å². The molecule has 0 aliphatic carbocycles. The van der Waals surface area contributed by atoms with Crippen molar-refractivity contribution in [2.24, 2.45) is 5.73 Å². The van der Waals surface area contributed by atoms with E-state index < -0.39 is 11.9 Å². The number of nitrogens with one attached hydrogen (secondary N) is 4. The molecule has 0 fully saturated rings. The molecule has 13 aromatic heterocycles. The standard InChI is InChI=1S/C21H20N6OS.C16H16N4O2S.C14H11ClN4OS.C9H7ClN2O2S.C7H10N2/c1-13-5-15(9-22-7-13)11-24-20(28)18-19-17(3-4-29-19)26-21(27-18)25-12-16-6-14(2)8-23-10-16;1-3-22-15(21)13-14-12(4-5-23-14)19-16(20-13)18-9-11-6-10(2)7-17-8-11;1-8-4-9(6-16-5-8)7-17-13(20)11-12-10(2-3-21-12)18-14(15)19-11;1-2-14-8(13)6-7-5(3-4-15-7)11-9(10)12-6;1-6-2-7(3-8)5-9-4-6/h3-10H,11-12H2,1-2H3,(H,24,28)(H,25,26,27);4-8H,3,9H2,1-2H3,(H,18,19,20);2-6H,7H2,1H3,(H,17,20);3-4H,2H2,1H3;2,4-5H,3,8H2,1H3. The molecule has 6 N–H and O–H groups in total. The van der Waals surface area contributed by atoms with Gasteiger partial charge in [0.15, 0.2) is 22.8 Å². The van der Waals surface area contributed by atoms with Crippen molar-refractivity contribution in [3.8, 4) is 0 Å². The van der Waals surface area contributed by atoms with Gasteiger partial charge in [-0.2, -0.15) is 0 Å². The Morgan fingerprint density at radius 3 is 1.05 bits per heavy atom. The van der Waals surface area contributed by atoms with Gasteiger partial charge in [-0.3, -0.25) is 34.5 Å². The lowest BCUT2D eigenvalue weighted by atomic mass is 10.2. The third-order valence-corrected chi connectivity index (χ3v) is 17.2. The van der Waals surface area contributed by atoms with Gasteiger partial charge < -0.3 is 36.5 Å². The molecule has 13 rings (SSSR count). The molecule has 496 valence electrons. The van der Waals surface area contributed by atoms with Gasteiger partial charge in [0.1, 0.15) is 0 Å². The summed E-state index contributed by atoms with van der Waals surface area (Å²) in [5.41, 5.74) is 19.9. The number of halogens is 2. The number of fused-ring (bicyclic) bond motifs is 4. The van der Waals surface area contributed by atoms with E-state index in [0.717, 1.165) is 80.8 Å². The zero-order valence-corrected chi connectivity index (χ0v) is 58.2. The van der Waals surface area contributed by atoms with Gasteiger partial charge in [-0.25, -0.2) is 49.5 Å². The van der Waals surface area contributed by atoms with Gasteiger partial charge in [0.2, 0.25) is 22.5 Å². The summed E-state index contributed by atoms with van der Waals surface area (Å²) < 4.78 is 12.9. The molecular formula is C67H64Cl2N18O6S4. The van der Waals surface area contributed by atoms with Gasteiger partial charge in [0, 0.05) is 94.7 Å². The highest BCUT2D eigenvalue weighted by atomic mass is 35.5. The Morgan fingerprint density at radius 1 is 0.402 bits per heavy atom. The maximum Gasteiger partial charge on any atom is 0.358 e. The van der Waals surface area contributed by atoms with Gasteiger partial charge in [-0.1, -0.05) is 30.3 Å². The van der Waals surface area contributed by atoms with Crippen molar-refractivity contribution >= 4 is 145 Å². The number of rotatable bonds is 17. The third kappa shape index (κ3) is 20.5. The zero-order chi connectivity index (χ0) is 68.8. The highest BCUT2D eigenvalue weighted by Crippen LogP contribution is 2.28. The van der Waals surface area contributed by atoms with Crippen molar-refractivity contribution in [2.75, 3.05) is 23.8 Å². The largest absolute Gasteiger partial charge is 0.461 e. The summed E-state index contributed by atoms with van der Waals surface area (Å²) in [6, 6.07) is 17.4. The predicted molar refractivity (Wildman–Crippen MR) is 381 cm³/mol. The lowest BCUT2D eigenvalue weighted by molar-refractivity contribution is 0.0513. The van der Waals surface area contributed by atoms with E-state index in [0.29, 0.717) is 90.6 Å². The molecule has 0 aliphatic heterocycles. The molecule has 0 atom stereocenters. The number of aromatic nitrogens is 13.